The van der Waals surface area contributed by atoms with E-state index in [4.69, 9.17) is 10.5 Å². The van der Waals surface area contributed by atoms with Crippen molar-refractivity contribution in [3.8, 4) is 23.2 Å². The second-order valence-electron chi connectivity index (χ2n) is 13.4. The summed E-state index contributed by atoms with van der Waals surface area (Å²) in [4.78, 5) is 26.4. The highest BCUT2D eigenvalue weighted by molar-refractivity contribution is 7.23. The lowest BCUT2D eigenvalue weighted by Crippen LogP contribution is -2.44. The molecule has 3 aliphatic heterocycles. The van der Waals surface area contributed by atoms with E-state index in [1.54, 1.807) is 16.8 Å². The van der Waals surface area contributed by atoms with Crippen LogP contribution in [0.15, 0.2) is 18.2 Å². The first-order valence-corrected chi connectivity index (χ1v) is 17.0. The Balaban J connectivity index is 1.45. The van der Waals surface area contributed by atoms with Crippen molar-refractivity contribution in [1.82, 2.24) is 19.8 Å². The second kappa shape index (κ2) is 12.2. The highest BCUT2D eigenvalue weighted by atomic mass is 32.1. The number of rotatable bonds is 6. The Bertz CT molecular complexity index is 2080. The standard InChI is InChI=1S/C34H33F6N7O2S/c1-16-24(7-10-47(16)17(2)48)45(3)31-20-11-22(34(38,39)40)26(19-5-6-23(36)29-25(19)21(13-41)30(42)50-29)27(37)28(20)43-32(44-31)49-15-33-8-4-9-46(33)14-18(35)12-33/h5-6,11,16,18,24H,4,7-10,12,14-15,42H2,1-3H3/t16?,18-,24?,33+/m1/s1. The van der Waals surface area contributed by atoms with Crippen molar-refractivity contribution in [2.75, 3.05) is 43.9 Å². The summed E-state index contributed by atoms with van der Waals surface area (Å²) >= 11 is 0.678. The number of carbonyl (C=O) groups excluding carboxylic acids is 1. The maximum absolute atomic E-state index is 17.1. The largest absolute Gasteiger partial charge is 0.461 e. The summed E-state index contributed by atoms with van der Waals surface area (Å²) < 4.78 is 97.4. The minimum atomic E-state index is -5.12. The van der Waals surface area contributed by atoms with E-state index < -0.39 is 52.2 Å². The lowest BCUT2D eigenvalue weighted by molar-refractivity contribution is -0.137. The van der Waals surface area contributed by atoms with Gasteiger partial charge in [-0.25, -0.2) is 13.2 Å². The number of halogens is 6. The summed E-state index contributed by atoms with van der Waals surface area (Å²) in [5.74, 6) is -2.43. The molecular weight excluding hydrogens is 684 g/mol. The Morgan fingerprint density at radius 2 is 2.02 bits per heavy atom. The van der Waals surface area contributed by atoms with E-state index in [-0.39, 0.29) is 75.0 Å². The number of thiophene rings is 1. The number of alkyl halides is 4. The Kier molecular flexibility index (Phi) is 8.29. The van der Waals surface area contributed by atoms with Crippen molar-refractivity contribution in [3.05, 3.63) is 41.0 Å². The number of anilines is 2. The Hall–Kier alpha value is -4.36. The van der Waals surface area contributed by atoms with Crippen molar-refractivity contribution >= 4 is 49.1 Å². The summed E-state index contributed by atoms with van der Waals surface area (Å²) in [6, 6.07) is 3.39. The monoisotopic (exact) mass is 717 g/mol. The number of carbonyl (C=O) groups is 1. The van der Waals surface area contributed by atoms with Crippen LogP contribution in [0.4, 0.5) is 37.2 Å². The van der Waals surface area contributed by atoms with Gasteiger partial charge in [0.1, 0.15) is 41.0 Å². The molecule has 4 atom stereocenters. The number of fused-ring (bicyclic) bond motifs is 3. The van der Waals surface area contributed by atoms with Gasteiger partial charge in [-0.1, -0.05) is 6.07 Å². The zero-order valence-corrected chi connectivity index (χ0v) is 28.2. The third-order valence-corrected chi connectivity index (χ3v) is 11.6. The molecule has 7 rings (SSSR count). The predicted molar refractivity (Wildman–Crippen MR) is 177 cm³/mol. The summed E-state index contributed by atoms with van der Waals surface area (Å²) in [5, 5.41) is 9.19. The van der Waals surface area contributed by atoms with E-state index >= 15 is 4.39 Å². The van der Waals surface area contributed by atoms with E-state index in [0.717, 1.165) is 24.6 Å². The SMILES string of the molecule is CC(=O)N1CCC(N(C)c2nc(OC[C@@]34CCCN3C[C@H](F)C4)nc3c(F)c(-c4ccc(F)c5sc(N)c(C#N)c45)c(C(F)(F)F)cc23)C1C. The Morgan fingerprint density at radius 3 is 2.70 bits per heavy atom. The number of nitrogen functional groups attached to an aromatic ring is 1. The van der Waals surface area contributed by atoms with Crippen LogP contribution in [0.25, 0.3) is 32.1 Å². The molecule has 3 fully saturated rings. The first kappa shape index (κ1) is 34.1. The van der Waals surface area contributed by atoms with Crippen molar-refractivity contribution in [1.29, 1.82) is 5.26 Å². The molecule has 2 aromatic carbocycles. The number of hydrogen-bond donors (Lipinski definition) is 1. The van der Waals surface area contributed by atoms with E-state index in [0.29, 0.717) is 37.3 Å². The lowest BCUT2D eigenvalue weighted by Gasteiger charge is -2.33. The molecular formula is C34H33F6N7O2S. The molecule has 5 heterocycles. The average Bonchev–Trinajstić information content (AvgIpc) is 3.80. The van der Waals surface area contributed by atoms with Crippen LogP contribution >= 0.6 is 11.3 Å². The van der Waals surface area contributed by atoms with Crippen LogP contribution in [0, 0.1) is 23.0 Å². The number of nitrogens with two attached hydrogens (primary N) is 1. The summed E-state index contributed by atoms with van der Waals surface area (Å²) in [7, 11) is 1.61. The highest BCUT2D eigenvalue weighted by Gasteiger charge is 2.49. The zero-order valence-electron chi connectivity index (χ0n) is 27.4. The van der Waals surface area contributed by atoms with E-state index in [1.807, 2.05) is 17.9 Å². The van der Waals surface area contributed by atoms with Crippen LogP contribution < -0.4 is 15.4 Å². The van der Waals surface area contributed by atoms with Crippen LogP contribution in [0.1, 0.15) is 50.7 Å². The average molecular weight is 718 g/mol. The molecule has 0 radical (unpaired) electrons. The van der Waals surface area contributed by atoms with Crippen LogP contribution in [0.3, 0.4) is 0 Å². The van der Waals surface area contributed by atoms with Gasteiger partial charge in [0.25, 0.3) is 0 Å². The number of nitrogens with zero attached hydrogens (tertiary/aromatic N) is 6. The Labute approximate surface area is 287 Å². The van der Waals surface area contributed by atoms with Crippen LogP contribution in [0.2, 0.25) is 0 Å². The van der Waals surface area contributed by atoms with Crippen molar-refractivity contribution in [2.45, 2.75) is 69.5 Å². The van der Waals surface area contributed by atoms with Crippen molar-refractivity contribution in [3.63, 3.8) is 0 Å². The molecule has 1 amide bonds. The quantitative estimate of drug-likeness (QED) is 0.221. The third-order valence-electron chi connectivity index (χ3n) is 10.6. The fourth-order valence-corrected chi connectivity index (χ4v) is 9.16. The highest BCUT2D eigenvalue weighted by Crippen LogP contribution is 2.48. The van der Waals surface area contributed by atoms with E-state index in [9.17, 15) is 32.0 Å². The molecule has 2 aromatic heterocycles. The van der Waals surface area contributed by atoms with Crippen LogP contribution in [-0.4, -0.2) is 82.8 Å². The summed E-state index contributed by atoms with van der Waals surface area (Å²) in [5.41, 5.74) is 1.86. The van der Waals surface area contributed by atoms with Crippen molar-refractivity contribution < 1.29 is 35.9 Å². The second-order valence-corrected chi connectivity index (χ2v) is 14.4. The van der Waals surface area contributed by atoms with Gasteiger partial charge in [-0.15, -0.1) is 11.3 Å². The maximum atomic E-state index is 17.1. The minimum Gasteiger partial charge on any atom is -0.461 e. The fourth-order valence-electron chi connectivity index (χ4n) is 8.21. The summed E-state index contributed by atoms with van der Waals surface area (Å²) in [6.07, 6.45) is -3.99. The number of amides is 1. The van der Waals surface area contributed by atoms with Crippen molar-refractivity contribution in [2.24, 2.45) is 0 Å². The predicted octanol–water partition coefficient (Wildman–Crippen LogP) is 6.66. The topological polar surface area (TPSA) is 112 Å². The molecule has 2 N–H and O–H groups in total. The number of aromatic nitrogens is 2. The Morgan fingerprint density at radius 1 is 1.26 bits per heavy atom. The molecule has 264 valence electrons. The molecule has 0 aliphatic carbocycles. The number of hydrogen-bond acceptors (Lipinski definition) is 9. The van der Waals surface area contributed by atoms with Crippen LogP contribution in [-0.2, 0) is 11.0 Å². The van der Waals surface area contributed by atoms with Gasteiger partial charge in [0, 0.05) is 55.9 Å². The molecule has 16 heteroatoms. The molecule has 2 unspecified atom stereocenters. The van der Waals surface area contributed by atoms with Crippen LogP contribution in [0.5, 0.6) is 6.01 Å². The molecule has 9 nitrogen and oxygen atoms in total. The molecule has 3 saturated heterocycles. The van der Waals surface area contributed by atoms with Gasteiger partial charge in [0.2, 0.25) is 5.91 Å². The normalized spacial score (nSPS) is 23.9. The smallest absolute Gasteiger partial charge is 0.417 e. The molecule has 3 aliphatic rings. The first-order chi connectivity index (χ1) is 23.6. The van der Waals surface area contributed by atoms with Gasteiger partial charge in [0.05, 0.1) is 27.4 Å². The molecule has 0 saturated carbocycles. The number of likely N-dealkylation sites (N-methyl/N-ethyl adjacent to an activating group) is 1. The maximum Gasteiger partial charge on any atom is 0.417 e. The number of benzene rings is 2. The minimum absolute atomic E-state index is 0.0204. The molecule has 0 bridgehead atoms. The van der Waals surface area contributed by atoms with Gasteiger partial charge in [-0.2, -0.15) is 28.4 Å². The van der Waals surface area contributed by atoms with Gasteiger partial charge in [-0.05, 0) is 50.4 Å². The zero-order chi connectivity index (χ0) is 35.9. The van der Waals surface area contributed by atoms with E-state index in [2.05, 4.69) is 9.97 Å². The summed E-state index contributed by atoms with van der Waals surface area (Å²) in [6.45, 7) is 4.57. The lowest BCUT2D eigenvalue weighted by atomic mass is 9.92. The molecule has 0 spiro atoms. The first-order valence-electron chi connectivity index (χ1n) is 16.2. The molecule has 50 heavy (non-hydrogen) atoms. The van der Waals surface area contributed by atoms with Gasteiger partial charge >= 0.3 is 12.2 Å². The number of ether oxygens (including phenoxy) is 1. The third kappa shape index (κ3) is 5.36. The van der Waals surface area contributed by atoms with Gasteiger partial charge in [0.15, 0.2) is 5.82 Å². The molecule has 4 aromatic rings. The number of nitriles is 1. The van der Waals surface area contributed by atoms with Gasteiger partial charge < -0.3 is 20.3 Å². The number of likely N-dealkylation sites (tertiary alicyclic amines) is 1. The van der Waals surface area contributed by atoms with E-state index in [1.165, 1.54) is 6.92 Å². The van der Waals surface area contributed by atoms with Gasteiger partial charge in [-0.3, -0.25) is 9.69 Å². The fraction of sp³-hybridized carbons (Fsp3) is 0.471.